The molecule has 0 radical (unpaired) electrons. The monoisotopic (exact) mass is 548 g/mol. The molecule has 0 spiro atoms. The molecule has 1 aliphatic heterocycles. The van der Waals surface area contributed by atoms with Crippen LogP contribution in [0.4, 0.5) is 9.18 Å². The number of hydrogen-bond acceptors (Lipinski definition) is 7. The summed E-state index contributed by atoms with van der Waals surface area (Å²) in [5.41, 5.74) is 2.62. The molecular weight excluding hydrogens is 519 g/mol. The van der Waals surface area contributed by atoms with Crippen molar-refractivity contribution in [3.8, 4) is 27.6 Å². The van der Waals surface area contributed by atoms with Crippen molar-refractivity contribution in [1.29, 1.82) is 0 Å². The molecule has 1 amide bonds. The Bertz CT molecular complexity index is 1450. The Balaban J connectivity index is 1.43. The van der Waals surface area contributed by atoms with E-state index in [0.717, 1.165) is 16.8 Å². The van der Waals surface area contributed by atoms with Crippen molar-refractivity contribution < 1.29 is 23.5 Å². The number of carbonyl (C=O) groups excluding carboxylic acids is 2. The number of halogens is 1. The first-order valence-corrected chi connectivity index (χ1v) is 13.6. The summed E-state index contributed by atoms with van der Waals surface area (Å²) >= 11 is 1.32. The standard InChI is InChI=1S/C29H29FN4O4S/c1-29(2,3)38-28(36)34-15-13-19(14-16-34)25-23(24(32-33-25)18-9-11-20(30)12-10-18)26-31-22(17-39-26)27(35)37-21-7-5-4-6-8-21/h4-12,17,19H,13-16H2,1-3H3,(H,32,33). The van der Waals surface area contributed by atoms with Crippen LogP contribution in [-0.2, 0) is 4.74 Å². The number of hydrogen-bond donors (Lipinski definition) is 1. The van der Waals surface area contributed by atoms with Crippen molar-refractivity contribution in [3.63, 3.8) is 0 Å². The largest absolute Gasteiger partial charge is 0.444 e. The molecule has 10 heteroatoms. The number of aromatic nitrogens is 3. The molecule has 0 atom stereocenters. The van der Waals surface area contributed by atoms with Gasteiger partial charge in [0.15, 0.2) is 5.69 Å². The third kappa shape index (κ3) is 6.17. The van der Waals surface area contributed by atoms with E-state index in [1.165, 1.54) is 23.5 Å². The number of nitrogens with zero attached hydrogens (tertiary/aromatic N) is 3. The third-order valence-corrected chi connectivity index (χ3v) is 7.21. The molecule has 0 unspecified atom stereocenters. The van der Waals surface area contributed by atoms with Gasteiger partial charge in [-0.1, -0.05) is 18.2 Å². The Labute approximate surface area is 229 Å². The number of ether oxygens (including phenoxy) is 2. The highest BCUT2D eigenvalue weighted by Crippen LogP contribution is 2.41. The van der Waals surface area contributed by atoms with Crippen LogP contribution in [0.2, 0.25) is 0 Å². The van der Waals surface area contributed by atoms with E-state index in [-0.39, 0.29) is 23.5 Å². The number of carbonyl (C=O) groups is 2. The fourth-order valence-corrected chi connectivity index (χ4v) is 5.34. The van der Waals surface area contributed by atoms with Crippen molar-refractivity contribution in [1.82, 2.24) is 20.1 Å². The molecule has 1 N–H and O–H groups in total. The fraction of sp³-hybridized carbons (Fsp3) is 0.310. The van der Waals surface area contributed by atoms with Crippen LogP contribution in [-0.4, -0.2) is 50.8 Å². The van der Waals surface area contributed by atoms with Crippen LogP contribution in [0.25, 0.3) is 21.8 Å². The maximum atomic E-state index is 13.7. The first-order valence-electron chi connectivity index (χ1n) is 12.7. The van der Waals surface area contributed by atoms with Gasteiger partial charge in [-0.25, -0.2) is 19.0 Å². The molecule has 5 rings (SSSR count). The first-order chi connectivity index (χ1) is 18.7. The van der Waals surface area contributed by atoms with Gasteiger partial charge in [0.05, 0.1) is 5.56 Å². The van der Waals surface area contributed by atoms with Crippen LogP contribution in [0.15, 0.2) is 60.0 Å². The Morgan fingerprint density at radius 1 is 1.05 bits per heavy atom. The van der Waals surface area contributed by atoms with E-state index in [0.29, 0.717) is 42.4 Å². The number of rotatable bonds is 5. The lowest BCUT2D eigenvalue weighted by Gasteiger charge is -2.33. The van der Waals surface area contributed by atoms with Crippen LogP contribution in [0.3, 0.4) is 0 Å². The molecule has 3 heterocycles. The van der Waals surface area contributed by atoms with E-state index in [1.54, 1.807) is 46.7 Å². The van der Waals surface area contributed by atoms with Gasteiger partial charge in [0.1, 0.15) is 27.9 Å². The second-order valence-electron chi connectivity index (χ2n) is 10.3. The summed E-state index contributed by atoms with van der Waals surface area (Å²) in [6, 6.07) is 14.9. The van der Waals surface area contributed by atoms with Gasteiger partial charge in [-0.05, 0) is 70.0 Å². The lowest BCUT2D eigenvalue weighted by Crippen LogP contribution is -2.41. The Morgan fingerprint density at radius 2 is 1.74 bits per heavy atom. The first kappa shape index (κ1) is 26.6. The van der Waals surface area contributed by atoms with E-state index in [2.05, 4.69) is 15.2 Å². The molecule has 1 aliphatic rings. The molecule has 2 aromatic heterocycles. The lowest BCUT2D eigenvalue weighted by atomic mass is 9.90. The van der Waals surface area contributed by atoms with Crippen molar-refractivity contribution in [2.75, 3.05) is 13.1 Å². The third-order valence-electron chi connectivity index (χ3n) is 6.35. The summed E-state index contributed by atoms with van der Waals surface area (Å²) in [4.78, 5) is 31.7. The van der Waals surface area contributed by atoms with E-state index >= 15 is 0 Å². The zero-order valence-electron chi connectivity index (χ0n) is 21.9. The molecule has 202 valence electrons. The highest BCUT2D eigenvalue weighted by Gasteiger charge is 2.32. The van der Waals surface area contributed by atoms with Gasteiger partial charge < -0.3 is 14.4 Å². The summed E-state index contributed by atoms with van der Waals surface area (Å²) in [6.45, 7) is 6.63. The normalized spacial score (nSPS) is 14.3. The quantitative estimate of drug-likeness (QED) is 0.221. The molecule has 8 nitrogen and oxygen atoms in total. The number of aromatic amines is 1. The van der Waals surface area contributed by atoms with Crippen LogP contribution in [0.5, 0.6) is 5.75 Å². The average molecular weight is 549 g/mol. The number of likely N-dealkylation sites (tertiary alicyclic amines) is 1. The Kier molecular flexibility index (Phi) is 7.47. The van der Waals surface area contributed by atoms with Gasteiger partial charge in [0, 0.05) is 35.6 Å². The summed E-state index contributed by atoms with van der Waals surface area (Å²) < 4.78 is 24.7. The SMILES string of the molecule is CC(C)(C)OC(=O)N1CCC(c2[nH]nc(-c3ccc(F)cc3)c2-c2nc(C(=O)Oc3ccccc3)cs2)CC1. The number of amides is 1. The number of thiazole rings is 1. The van der Waals surface area contributed by atoms with Gasteiger partial charge in [-0.3, -0.25) is 5.10 Å². The molecule has 1 saturated heterocycles. The minimum atomic E-state index is -0.557. The van der Waals surface area contributed by atoms with Crippen molar-refractivity contribution in [2.24, 2.45) is 0 Å². The number of benzene rings is 2. The van der Waals surface area contributed by atoms with Gasteiger partial charge >= 0.3 is 12.1 Å². The number of para-hydroxylation sites is 1. The Morgan fingerprint density at radius 3 is 2.41 bits per heavy atom. The topological polar surface area (TPSA) is 97.4 Å². The zero-order chi connectivity index (χ0) is 27.6. The number of esters is 1. The summed E-state index contributed by atoms with van der Waals surface area (Å²) in [6.07, 6.45) is 1.08. The summed E-state index contributed by atoms with van der Waals surface area (Å²) in [7, 11) is 0. The maximum absolute atomic E-state index is 13.7. The number of piperidine rings is 1. The van der Waals surface area contributed by atoms with Gasteiger partial charge in [-0.2, -0.15) is 5.10 Å². The van der Waals surface area contributed by atoms with Gasteiger partial charge in [0.2, 0.25) is 0 Å². The van der Waals surface area contributed by atoms with E-state index in [4.69, 9.17) is 9.47 Å². The van der Waals surface area contributed by atoms with Crippen LogP contribution < -0.4 is 4.74 Å². The minimum absolute atomic E-state index is 0.0732. The van der Waals surface area contributed by atoms with Gasteiger partial charge in [-0.15, -0.1) is 11.3 Å². The predicted molar refractivity (Wildman–Crippen MR) is 146 cm³/mol. The molecule has 0 bridgehead atoms. The molecule has 0 aliphatic carbocycles. The summed E-state index contributed by atoms with van der Waals surface area (Å²) in [5, 5.41) is 10.0. The van der Waals surface area contributed by atoms with Crippen molar-refractivity contribution in [2.45, 2.75) is 45.1 Å². The van der Waals surface area contributed by atoms with E-state index in [1.807, 2.05) is 26.8 Å². The highest BCUT2D eigenvalue weighted by molar-refractivity contribution is 7.13. The van der Waals surface area contributed by atoms with Crippen LogP contribution >= 0.6 is 11.3 Å². The molecule has 0 saturated carbocycles. The average Bonchev–Trinajstić information content (AvgIpc) is 3.57. The molecule has 39 heavy (non-hydrogen) atoms. The Hall–Kier alpha value is -4.05. The maximum Gasteiger partial charge on any atom is 0.410 e. The predicted octanol–water partition coefficient (Wildman–Crippen LogP) is 6.67. The lowest BCUT2D eigenvalue weighted by molar-refractivity contribution is 0.0204. The number of H-pyrrole nitrogens is 1. The fourth-order valence-electron chi connectivity index (χ4n) is 4.49. The molecule has 2 aromatic carbocycles. The number of nitrogens with one attached hydrogen (secondary N) is 1. The van der Waals surface area contributed by atoms with E-state index in [9.17, 15) is 14.0 Å². The van der Waals surface area contributed by atoms with Crippen LogP contribution in [0, 0.1) is 5.82 Å². The zero-order valence-corrected chi connectivity index (χ0v) is 22.8. The van der Waals surface area contributed by atoms with Crippen molar-refractivity contribution >= 4 is 23.4 Å². The smallest absolute Gasteiger partial charge is 0.410 e. The molecular formula is C29H29FN4O4S. The van der Waals surface area contributed by atoms with Crippen LogP contribution in [0.1, 0.15) is 55.7 Å². The summed E-state index contributed by atoms with van der Waals surface area (Å²) in [5.74, 6) is -0.387. The highest BCUT2D eigenvalue weighted by atomic mass is 32.1. The second-order valence-corrected chi connectivity index (χ2v) is 11.2. The molecule has 4 aromatic rings. The second kappa shape index (κ2) is 11.0. The van der Waals surface area contributed by atoms with E-state index < -0.39 is 11.6 Å². The molecule has 1 fully saturated rings. The van der Waals surface area contributed by atoms with Crippen molar-refractivity contribution in [3.05, 3.63) is 77.2 Å². The minimum Gasteiger partial charge on any atom is -0.444 e. The van der Waals surface area contributed by atoms with Gasteiger partial charge in [0.25, 0.3) is 0 Å².